The fourth-order valence-corrected chi connectivity index (χ4v) is 3.53. The predicted octanol–water partition coefficient (Wildman–Crippen LogP) is 3.64. The van der Waals surface area contributed by atoms with E-state index in [1.54, 1.807) is 19.2 Å². The van der Waals surface area contributed by atoms with E-state index in [-0.39, 0.29) is 11.5 Å². The zero-order valence-corrected chi connectivity index (χ0v) is 15.1. The molecule has 6 nitrogen and oxygen atoms in total. The summed E-state index contributed by atoms with van der Waals surface area (Å²) in [6, 6.07) is 12.4. The molecule has 3 rings (SSSR count). The van der Waals surface area contributed by atoms with Gasteiger partial charge in [-0.1, -0.05) is 26.0 Å². The molecule has 0 aromatic heterocycles. The number of fused-ring (bicyclic) bond motifs is 1. The largest absolute Gasteiger partial charge is 0.478 e. The summed E-state index contributed by atoms with van der Waals surface area (Å²) in [5.74, 6) is -0.921. The third-order valence-corrected chi connectivity index (χ3v) is 5.00. The molecule has 0 aliphatic carbocycles. The number of rotatable bonds is 3. The van der Waals surface area contributed by atoms with E-state index >= 15 is 0 Å². The third kappa shape index (κ3) is 3.22. The number of aromatic carboxylic acids is 1. The van der Waals surface area contributed by atoms with Gasteiger partial charge in [0.15, 0.2) is 0 Å². The lowest BCUT2D eigenvalue weighted by Crippen LogP contribution is -2.35. The van der Waals surface area contributed by atoms with Gasteiger partial charge >= 0.3 is 12.0 Å². The quantitative estimate of drug-likeness (QED) is 0.785. The van der Waals surface area contributed by atoms with Crippen LogP contribution in [0.1, 0.15) is 41.4 Å². The molecule has 4 N–H and O–H groups in total. The van der Waals surface area contributed by atoms with Gasteiger partial charge in [-0.25, -0.2) is 9.59 Å². The van der Waals surface area contributed by atoms with E-state index in [4.69, 9.17) is 5.73 Å². The van der Waals surface area contributed by atoms with Crippen molar-refractivity contribution < 1.29 is 14.7 Å². The summed E-state index contributed by atoms with van der Waals surface area (Å²) in [5, 5.41) is 12.7. The molecule has 0 radical (unpaired) electrons. The first-order valence-corrected chi connectivity index (χ1v) is 8.45. The number of carboxylic acids is 1. The summed E-state index contributed by atoms with van der Waals surface area (Å²) in [4.78, 5) is 24.1. The number of carbonyl (C=O) groups excluding carboxylic acids is 1. The molecule has 0 saturated carbocycles. The number of amides is 2. The zero-order valence-electron chi connectivity index (χ0n) is 15.1. The van der Waals surface area contributed by atoms with Crippen molar-refractivity contribution in [1.82, 2.24) is 0 Å². The van der Waals surface area contributed by atoms with Gasteiger partial charge in [0.25, 0.3) is 0 Å². The number of carboxylic acid groups (broad SMARTS) is 1. The minimum atomic E-state index is -0.921. The summed E-state index contributed by atoms with van der Waals surface area (Å²) >= 11 is 0. The molecule has 2 aromatic rings. The molecule has 1 atom stereocenters. The molecule has 136 valence electrons. The Hall–Kier alpha value is -3.02. The predicted molar refractivity (Wildman–Crippen MR) is 102 cm³/mol. The molecule has 0 saturated heterocycles. The Labute approximate surface area is 152 Å². The van der Waals surface area contributed by atoms with Crippen LogP contribution in [0.5, 0.6) is 0 Å². The molecule has 6 heteroatoms. The van der Waals surface area contributed by atoms with Crippen molar-refractivity contribution in [3.8, 4) is 0 Å². The minimum absolute atomic E-state index is 0.0203. The number of nitrogens with two attached hydrogens (primary N) is 1. The van der Waals surface area contributed by atoms with Gasteiger partial charge in [0.05, 0.1) is 11.6 Å². The van der Waals surface area contributed by atoms with Gasteiger partial charge in [-0.3, -0.25) is 4.90 Å². The summed E-state index contributed by atoms with van der Waals surface area (Å²) in [6.07, 6.45) is 0.747. The van der Waals surface area contributed by atoms with Crippen LogP contribution in [0.3, 0.4) is 0 Å². The first kappa shape index (κ1) is 17.8. The number of hydrogen-bond acceptors (Lipinski definition) is 3. The first-order valence-electron chi connectivity index (χ1n) is 8.45. The van der Waals surface area contributed by atoms with E-state index in [9.17, 15) is 14.7 Å². The molecule has 1 aliphatic heterocycles. The normalized spacial score (nSPS) is 17.7. The number of urea groups is 1. The summed E-state index contributed by atoms with van der Waals surface area (Å²) in [7, 11) is 1.64. The number of benzene rings is 2. The van der Waals surface area contributed by atoms with E-state index in [1.807, 2.05) is 30.3 Å². The molecule has 2 amide bonds. The van der Waals surface area contributed by atoms with Crippen LogP contribution in [0.25, 0.3) is 0 Å². The van der Waals surface area contributed by atoms with Crippen LogP contribution >= 0.6 is 0 Å². The van der Waals surface area contributed by atoms with E-state index in [1.165, 1.54) is 4.90 Å². The highest BCUT2D eigenvalue weighted by Gasteiger charge is 2.36. The zero-order chi connectivity index (χ0) is 19.1. The summed E-state index contributed by atoms with van der Waals surface area (Å²) < 4.78 is 0. The topological polar surface area (TPSA) is 95.7 Å². The SMILES string of the molecule is CN(C(N)=O)c1cccc(C2Nc3ccc(C(=O)O)cc3CC2(C)C)c1. The fourth-order valence-electron chi connectivity index (χ4n) is 3.53. The van der Waals surface area contributed by atoms with Gasteiger partial charge in [0.1, 0.15) is 0 Å². The Balaban J connectivity index is 1.98. The van der Waals surface area contributed by atoms with Crippen molar-refractivity contribution in [2.24, 2.45) is 11.1 Å². The molecule has 1 aliphatic rings. The van der Waals surface area contributed by atoms with Crippen molar-refractivity contribution in [1.29, 1.82) is 0 Å². The third-order valence-electron chi connectivity index (χ3n) is 5.00. The second-order valence-corrected chi connectivity index (χ2v) is 7.41. The Bertz CT molecular complexity index is 876. The average molecular weight is 353 g/mol. The van der Waals surface area contributed by atoms with E-state index in [2.05, 4.69) is 19.2 Å². The fraction of sp³-hybridized carbons (Fsp3) is 0.300. The molecule has 1 heterocycles. The van der Waals surface area contributed by atoms with Crippen molar-refractivity contribution >= 4 is 23.4 Å². The number of anilines is 2. The van der Waals surface area contributed by atoms with Gasteiger partial charge in [-0.05, 0) is 53.3 Å². The maximum absolute atomic E-state index is 11.4. The Kier molecular flexibility index (Phi) is 4.36. The van der Waals surface area contributed by atoms with E-state index in [0.717, 1.165) is 28.9 Å². The molecule has 0 bridgehead atoms. The highest BCUT2D eigenvalue weighted by Crippen LogP contribution is 2.45. The Morgan fingerprint density at radius 3 is 2.62 bits per heavy atom. The summed E-state index contributed by atoms with van der Waals surface area (Å²) in [6.45, 7) is 4.29. The second-order valence-electron chi connectivity index (χ2n) is 7.41. The molecular formula is C20H23N3O3. The average Bonchev–Trinajstić information content (AvgIpc) is 2.59. The number of hydrogen-bond donors (Lipinski definition) is 3. The Morgan fingerprint density at radius 1 is 1.23 bits per heavy atom. The van der Waals surface area contributed by atoms with Crippen LogP contribution in [0.15, 0.2) is 42.5 Å². The molecular weight excluding hydrogens is 330 g/mol. The van der Waals surface area contributed by atoms with Gasteiger partial charge < -0.3 is 16.2 Å². The number of primary amides is 1. The van der Waals surface area contributed by atoms with Gasteiger partial charge in [-0.15, -0.1) is 0 Å². The van der Waals surface area contributed by atoms with Crippen LogP contribution in [-0.4, -0.2) is 24.2 Å². The van der Waals surface area contributed by atoms with Crippen LogP contribution in [0, 0.1) is 5.41 Å². The number of nitrogens with one attached hydrogen (secondary N) is 1. The standard InChI is InChI=1S/C20H23N3O3/c1-20(2)11-14-9-13(18(24)25)7-8-16(14)22-17(20)12-5-4-6-15(10-12)23(3)19(21)26/h4-10,17,22H,11H2,1-3H3,(H2,21,26)(H,24,25). The molecule has 26 heavy (non-hydrogen) atoms. The maximum Gasteiger partial charge on any atom is 0.335 e. The first-order chi connectivity index (χ1) is 12.2. The van der Waals surface area contributed by atoms with Gasteiger partial charge in [0, 0.05) is 18.4 Å². The lowest BCUT2D eigenvalue weighted by atomic mass is 9.72. The van der Waals surface area contributed by atoms with Gasteiger partial charge in [-0.2, -0.15) is 0 Å². The minimum Gasteiger partial charge on any atom is -0.478 e. The van der Waals surface area contributed by atoms with Crippen LogP contribution in [0.4, 0.5) is 16.2 Å². The molecule has 2 aromatic carbocycles. The number of carbonyl (C=O) groups is 2. The van der Waals surface area contributed by atoms with Crippen LogP contribution in [-0.2, 0) is 6.42 Å². The van der Waals surface area contributed by atoms with Crippen LogP contribution < -0.4 is 16.0 Å². The highest BCUT2D eigenvalue weighted by atomic mass is 16.4. The van der Waals surface area contributed by atoms with Crippen molar-refractivity contribution in [2.45, 2.75) is 26.3 Å². The van der Waals surface area contributed by atoms with E-state index in [0.29, 0.717) is 5.56 Å². The second kappa shape index (κ2) is 6.37. The number of nitrogens with zero attached hydrogens (tertiary/aromatic N) is 1. The monoisotopic (exact) mass is 353 g/mol. The lowest BCUT2D eigenvalue weighted by molar-refractivity contribution is 0.0696. The van der Waals surface area contributed by atoms with Crippen LogP contribution in [0.2, 0.25) is 0 Å². The smallest absolute Gasteiger partial charge is 0.335 e. The van der Waals surface area contributed by atoms with Crippen molar-refractivity contribution in [3.63, 3.8) is 0 Å². The van der Waals surface area contributed by atoms with Gasteiger partial charge in [0.2, 0.25) is 0 Å². The van der Waals surface area contributed by atoms with Crippen molar-refractivity contribution in [3.05, 3.63) is 59.2 Å². The Morgan fingerprint density at radius 2 is 1.96 bits per heavy atom. The summed E-state index contributed by atoms with van der Waals surface area (Å²) in [5.41, 5.74) is 9.25. The molecule has 1 unspecified atom stereocenters. The maximum atomic E-state index is 11.4. The molecule has 0 spiro atoms. The van der Waals surface area contributed by atoms with Crippen molar-refractivity contribution in [2.75, 3.05) is 17.3 Å². The highest BCUT2D eigenvalue weighted by molar-refractivity contribution is 5.90. The molecule has 0 fully saturated rings. The lowest BCUT2D eigenvalue weighted by Gasteiger charge is -2.41. The van der Waals surface area contributed by atoms with E-state index < -0.39 is 12.0 Å².